The molecule has 2 aromatic carbocycles. The molecule has 0 unspecified atom stereocenters. The van der Waals surface area contributed by atoms with Gasteiger partial charge in [0, 0.05) is 22.4 Å². The standard InChI is InChI=1S/C16H13ClN4OS.C12H11ClN2.C6H8N2O2S/c1-10-20-21-16(23-10)15(22)19-14-6-5-12(9-18-14)7-11-3-2-4-13(17)8-11;13-11-3-1-2-9(7-11)6-10-4-5-12(14)15-8-10;1-3-10-6(9)5-8-7-4(2)11-5/h2-6,8-9H,7H2,1H3,(H,18,19,22);1-5,7-8H,6H2,(H2,14,15);3H2,1-2H3. The highest BCUT2D eigenvalue weighted by Gasteiger charge is 2.12. The van der Waals surface area contributed by atoms with Gasteiger partial charge in [-0.2, -0.15) is 0 Å². The molecule has 3 N–H and O–H groups in total. The van der Waals surface area contributed by atoms with Crippen LogP contribution in [0.4, 0.5) is 11.6 Å². The number of nitrogen functional groups attached to an aromatic ring is 1. The molecule has 0 atom stereocenters. The molecule has 0 radical (unpaired) electrons. The van der Waals surface area contributed by atoms with Gasteiger partial charge in [0.25, 0.3) is 5.91 Å². The Morgan fingerprint density at radius 3 is 1.73 bits per heavy atom. The molecule has 6 rings (SSSR count). The van der Waals surface area contributed by atoms with E-state index >= 15 is 0 Å². The molecule has 4 heterocycles. The van der Waals surface area contributed by atoms with E-state index in [4.69, 9.17) is 33.7 Å². The van der Waals surface area contributed by atoms with Crippen LogP contribution in [-0.2, 0) is 17.6 Å². The van der Waals surface area contributed by atoms with Crippen LogP contribution in [0.2, 0.25) is 10.0 Å². The van der Waals surface area contributed by atoms with Crippen molar-refractivity contribution >= 4 is 69.4 Å². The average molecular weight is 736 g/mol. The molecule has 0 fully saturated rings. The Kier molecular flexibility index (Phi) is 14.1. The van der Waals surface area contributed by atoms with Crippen molar-refractivity contribution in [2.75, 3.05) is 17.7 Å². The van der Waals surface area contributed by atoms with Gasteiger partial charge in [-0.05, 0) is 92.3 Å². The Morgan fingerprint density at radius 2 is 1.29 bits per heavy atom. The van der Waals surface area contributed by atoms with Crippen LogP contribution in [0.15, 0.2) is 85.2 Å². The van der Waals surface area contributed by atoms with Crippen molar-refractivity contribution in [2.45, 2.75) is 33.6 Å². The second-order valence-corrected chi connectivity index (χ2v) is 13.4. The van der Waals surface area contributed by atoms with E-state index in [1.165, 1.54) is 28.2 Å². The molecule has 0 aliphatic rings. The van der Waals surface area contributed by atoms with Crippen LogP contribution >= 0.6 is 45.9 Å². The smallest absolute Gasteiger partial charge is 0.369 e. The van der Waals surface area contributed by atoms with Crippen molar-refractivity contribution in [3.63, 3.8) is 0 Å². The summed E-state index contributed by atoms with van der Waals surface area (Å²) in [5.74, 6) is 0.339. The molecule has 0 aliphatic carbocycles. The molecule has 15 heteroatoms. The topological polar surface area (TPSA) is 159 Å². The van der Waals surface area contributed by atoms with Crippen molar-refractivity contribution in [1.82, 2.24) is 30.4 Å². The molecular formula is C34H32Cl2N8O3S2. The third-order valence-corrected chi connectivity index (χ3v) is 8.33. The van der Waals surface area contributed by atoms with Crippen LogP contribution in [0.1, 0.15) is 58.8 Å². The molecule has 11 nitrogen and oxygen atoms in total. The maximum absolute atomic E-state index is 12.0. The Morgan fingerprint density at radius 1 is 0.735 bits per heavy atom. The van der Waals surface area contributed by atoms with E-state index < -0.39 is 5.97 Å². The highest BCUT2D eigenvalue weighted by Crippen LogP contribution is 2.17. The van der Waals surface area contributed by atoms with Gasteiger partial charge in [-0.25, -0.2) is 14.8 Å². The largest absolute Gasteiger partial charge is 0.461 e. The highest BCUT2D eigenvalue weighted by atomic mass is 35.5. The number of anilines is 2. The first kappa shape index (κ1) is 37.0. The van der Waals surface area contributed by atoms with Crippen LogP contribution in [0.5, 0.6) is 0 Å². The number of nitrogens with two attached hydrogens (primary N) is 1. The first-order valence-corrected chi connectivity index (χ1v) is 17.2. The number of hydrogen-bond donors (Lipinski definition) is 2. The van der Waals surface area contributed by atoms with Gasteiger partial charge in [0.05, 0.1) is 6.61 Å². The fourth-order valence-corrected chi connectivity index (χ4v) is 5.64. The second-order valence-electron chi connectivity index (χ2n) is 10.2. The van der Waals surface area contributed by atoms with E-state index in [1.54, 1.807) is 45.3 Å². The zero-order chi connectivity index (χ0) is 35.2. The molecule has 6 aromatic rings. The predicted molar refractivity (Wildman–Crippen MR) is 195 cm³/mol. The molecular weight excluding hydrogens is 703 g/mol. The van der Waals surface area contributed by atoms with Gasteiger partial charge in [-0.3, -0.25) is 4.79 Å². The van der Waals surface area contributed by atoms with Gasteiger partial charge >= 0.3 is 5.97 Å². The third kappa shape index (κ3) is 12.6. The van der Waals surface area contributed by atoms with E-state index in [0.29, 0.717) is 33.3 Å². The minimum absolute atomic E-state index is 0.300. The van der Waals surface area contributed by atoms with E-state index in [2.05, 4.69) is 35.7 Å². The van der Waals surface area contributed by atoms with Crippen molar-refractivity contribution < 1.29 is 14.3 Å². The normalized spacial score (nSPS) is 10.2. The number of nitrogens with one attached hydrogen (secondary N) is 1. The van der Waals surface area contributed by atoms with Gasteiger partial charge in [0.15, 0.2) is 0 Å². The van der Waals surface area contributed by atoms with Crippen LogP contribution in [-0.4, -0.2) is 48.8 Å². The van der Waals surface area contributed by atoms with Crippen molar-refractivity contribution in [2.24, 2.45) is 0 Å². The summed E-state index contributed by atoms with van der Waals surface area (Å²) in [4.78, 5) is 31.2. The summed E-state index contributed by atoms with van der Waals surface area (Å²) in [5.41, 5.74) is 9.97. The summed E-state index contributed by atoms with van der Waals surface area (Å²) in [7, 11) is 0. The first-order chi connectivity index (χ1) is 23.6. The lowest BCUT2D eigenvalue weighted by Crippen LogP contribution is -2.12. The number of carbonyl (C=O) groups excluding carboxylic acids is 2. The lowest BCUT2D eigenvalue weighted by Gasteiger charge is -2.05. The van der Waals surface area contributed by atoms with Crippen molar-refractivity contribution in [1.29, 1.82) is 0 Å². The minimum Gasteiger partial charge on any atom is -0.461 e. The van der Waals surface area contributed by atoms with Gasteiger partial charge in [-0.1, -0.05) is 82.3 Å². The second kappa shape index (κ2) is 18.7. The number of aromatic nitrogens is 6. The lowest BCUT2D eigenvalue weighted by atomic mass is 10.1. The Balaban J connectivity index is 0.000000179. The number of nitrogens with zero attached hydrogens (tertiary/aromatic N) is 6. The zero-order valence-corrected chi connectivity index (χ0v) is 29.9. The number of amides is 1. The zero-order valence-electron chi connectivity index (χ0n) is 26.8. The molecule has 0 aliphatic heterocycles. The van der Waals surface area contributed by atoms with Gasteiger partial charge < -0.3 is 15.8 Å². The lowest BCUT2D eigenvalue weighted by molar-refractivity contribution is 0.0525. The van der Waals surface area contributed by atoms with E-state index in [-0.39, 0.29) is 5.91 Å². The molecule has 0 spiro atoms. The fraction of sp³-hybridized carbons (Fsp3) is 0.176. The first-order valence-electron chi connectivity index (χ1n) is 14.8. The third-order valence-electron chi connectivity index (χ3n) is 6.20. The maximum Gasteiger partial charge on any atom is 0.369 e. The quantitative estimate of drug-likeness (QED) is 0.149. The Hall–Kier alpha value is -4.82. The van der Waals surface area contributed by atoms with Gasteiger partial charge in [0.1, 0.15) is 21.7 Å². The van der Waals surface area contributed by atoms with Crippen LogP contribution < -0.4 is 11.1 Å². The monoisotopic (exact) mass is 734 g/mol. The van der Waals surface area contributed by atoms with E-state index in [0.717, 1.165) is 44.6 Å². The van der Waals surface area contributed by atoms with Crippen LogP contribution in [0.3, 0.4) is 0 Å². The number of rotatable bonds is 8. The number of ether oxygens (including phenoxy) is 1. The Bertz CT molecular complexity index is 1970. The summed E-state index contributed by atoms with van der Waals surface area (Å²) in [6.07, 6.45) is 5.09. The minimum atomic E-state index is -0.391. The molecule has 0 saturated heterocycles. The summed E-state index contributed by atoms with van der Waals surface area (Å²) >= 11 is 14.4. The molecule has 0 saturated carbocycles. The molecule has 49 heavy (non-hydrogen) atoms. The molecule has 0 bridgehead atoms. The van der Waals surface area contributed by atoms with Crippen LogP contribution in [0, 0.1) is 13.8 Å². The number of halogens is 2. The molecule has 252 valence electrons. The number of hydrogen-bond acceptors (Lipinski definition) is 12. The number of pyridine rings is 2. The summed E-state index contributed by atoms with van der Waals surface area (Å²) < 4.78 is 4.71. The van der Waals surface area contributed by atoms with Crippen molar-refractivity contribution in [3.05, 3.63) is 138 Å². The van der Waals surface area contributed by atoms with E-state index in [1.807, 2.05) is 60.7 Å². The summed E-state index contributed by atoms with van der Waals surface area (Å²) in [5, 5.41) is 21.3. The maximum atomic E-state index is 12.0. The van der Waals surface area contributed by atoms with Gasteiger partial charge in [0.2, 0.25) is 10.0 Å². The summed E-state index contributed by atoms with van der Waals surface area (Å²) in [6.45, 7) is 5.72. The van der Waals surface area contributed by atoms with Gasteiger partial charge in [-0.15, -0.1) is 20.4 Å². The van der Waals surface area contributed by atoms with Crippen LogP contribution in [0.25, 0.3) is 0 Å². The predicted octanol–water partition coefficient (Wildman–Crippen LogP) is 7.67. The SMILES string of the molecule is CCOC(=O)c1nnc(C)s1.Cc1nnc(C(=O)Nc2ccc(Cc3cccc(Cl)c3)cn2)s1.Nc1ccc(Cc2cccc(Cl)c2)cn1. The number of aryl methyl sites for hydroxylation is 2. The number of benzene rings is 2. The van der Waals surface area contributed by atoms with E-state index in [9.17, 15) is 9.59 Å². The molecule has 1 amide bonds. The highest BCUT2D eigenvalue weighted by molar-refractivity contribution is 7.13. The average Bonchev–Trinajstić information content (AvgIpc) is 3.72. The number of carbonyl (C=O) groups is 2. The summed E-state index contributed by atoms with van der Waals surface area (Å²) in [6, 6.07) is 23.0. The fourth-order valence-electron chi connectivity index (χ4n) is 4.04. The molecule has 4 aromatic heterocycles. The van der Waals surface area contributed by atoms with Crippen molar-refractivity contribution in [3.8, 4) is 0 Å². The Labute approximate surface area is 301 Å². The number of esters is 1.